The highest BCUT2D eigenvalue weighted by Gasteiger charge is 2.31. The quantitative estimate of drug-likeness (QED) is 0.611. The van der Waals surface area contributed by atoms with Crippen molar-refractivity contribution < 1.29 is 19.5 Å². The first-order valence-corrected chi connectivity index (χ1v) is 6.26. The summed E-state index contributed by atoms with van der Waals surface area (Å²) in [6, 6.07) is 2.74. The number of benzene rings is 1. The van der Waals surface area contributed by atoms with Crippen molar-refractivity contribution in [2.75, 3.05) is 11.9 Å². The zero-order chi connectivity index (χ0) is 15.6. The molecule has 0 saturated carbocycles. The van der Waals surface area contributed by atoms with Gasteiger partial charge < -0.3 is 10.4 Å². The average Bonchev–Trinajstić information content (AvgIpc) is 2.93. The Labute approximate surface area is 119 Å². The van der Waals surface area contributed by atoms with Gasteiger partial charge in [-0.3, -0.25) is 14.9 Å². The average molecular weight is 294 g/mol. The molecule has 2 aromatic rings. The molecule has 1 atom stereocenters. The highest BCUT2D eigenvalue weighted by Crippen LogP contribution is 2.30. The zero-order valence-electron chi connectivity index (χ0n) is 11.5. The van der Waals surface area contributed by atoms with Gasteiger partial charge in [-0.15, -0.1) is 0 Å². The van der Waals surface area contributed by atoms with Crippen LogP contribution in [0.15, 0.2) is 16.8 Å². The number of nitrogens with zero attached hydrogens (tertiary/aromatic N) is 3. The van der Waals surface area contributed by atoms with Crippen LogP contribution in [-0.4, -0.2) is 32.9 Å². The summed E-state index contributed by atoms with van der Waals surface area (Å²) in [5, 5.41) is 30.2. The molecule has 9 heteroatoms. The third-order valence-corrected chi connectivity index (χ3v) is 3.56. The molecule has 0 aliphatic carbocycles. The molecule has 2 N–H and O–H groups in total. The predicted octanol–water partition coefficient (Wildman–Crippen LogP) is 2.04. The van der Waals surface area contributed by atoms with Crippen LogP contribution in [0.3, 0.4) is 0 Å². The Kier molecular flexibility index (Phi) is 3.74. The van der Waals surface area contributed by atoms with Crippen LogP contribution >= 0.6 is 0 Å². The fourth-order valence-electron chi connectivity index (χ4n) is 1.79. The van der Waals surface area contributed by atoms with Crippen molar-refractivity contribution in [3.05, 3.63) is 22.2 Å². The summed E-state index contributed by atoms with van der Waals surface area (Å²) >= 11 is 0. The molecule has 1 aromatic carbocycles. The number of nitro groups is 1. The molecule has 0 bridgehead atoms. The van der Waals surface area contributed by atoms with Gasteiger partial charge in [0.1, 0.15) is 0 Å². The van der Waals surface area contributed by atoms with Crippen molar-refractivity contribution in [1.82, 2.24) is 10.3 Å². The number of hydrogen-bond acceptors (Lipinski definition) is 7. The minimum absolute atomic E-state index is 0.0264. The van der Waals surface area contributed by atoms with Gasteiger partial charge in [-0.25, -0.2) is 4.63 Å². The maximum atomic E-state index is 11.3. The van der Waals surface area contributed by atoms with Crippen LogP contribution in [0.1, 0.15) is 20.3 Å². The van der Waals surface area contributed by atoms with Crippen LogP contribution in [0.5, 0.6) is 0 Å². The summed E-state index contributed by atoms with van der Waals surface area (Å²) in [5.41, 5.74) is -0.497. The molecule has 2 rings (SSSR count). The molecule has 0 amide bonds. The number of hydrogen-bond donors (Lipinski definition) is 2. The molecular weight excluding hydrogens is 280 g/mol. The van der Waals surface area contributed by atoms with Gasteiger partial charge in [-0.2, -0.15) is 0 Å². The molecule has 112 valence electrons. The maximum Gasteiger partial charge on any atom is 0.311 e. The first kappa shape index (κ1) is 14.7. The van der Waals surface area contributed by atoms with Gasteiger partial charge >= 0.3 is 11.7 Å². The SMILES string of the molecule is CCC(C)(CNc1ccc([N+](=O)[O-])c2nonc12)C(=O)O. The Hall–Kier alpha value is -2.71. The summed E-state index contributed by atoms with van der Waals surface area (Å²) in [6.45, 7) is 3.55. The predicted molar refractivity (Wildman–Crippen MR) is 73.0 cm³/mol. The number of anilines is 1. The normalized spacial score (nSPS) is 13.8. The molecule has 0 fully saturated rings. The monoisotopic (exact) mass is 294 g/mol. The van der Waals surface area contributed by atoms with Crippen LogP contribution in [0.4, 0.5) is 11.4 Å². The highest BCUT2D eigenvalue weighted by molar-refractivity contribution is 5.93. The second-order valence-corrected chi connectivity index (χ2v) is 4.92. The van der Waals surface area contributed by atoms with Crippen LogP contribution in [0.25, 0.3) is 11.0 Å². The molecule has 0 aliphatic heterocycles. The fourth-order valence-corrected chi connectivity index (χ4v) is 1.79. The summed E-state index contributed by atoms with van der Waals surface area (Å²) in [7, 11) is 0. The summed E-state index contributed by atoms with van der Waals surface area (Å²) in [6.07, 6.45) is 0.433. The first-order chi connectivity index (χ1) is 9.89. The Morgan fingerprint density at radius 3 is 2.71 bits per heavy atom. The lowest BCUT2D eigenvalue weighted by Crippen LogP contribution is -2.34. The Bertz CT molecular complexity index is 698. The minimum atomic E-state index is -0.953. The molecule has 9 nitrogen and oxygen atoms in total. The third kappa shape index (κ3) is 2.62. The fraction of sp³-hybridized carbons (Fsp3) is 0.417. The van der Waals surface area contributed by atoms with Crippen LogP contribution in [0.2, 0.25) is 0 Å². The van der Waals surface area contributed by atoms with Crippen molar-refractivity contribution in [2.45, 2.75) is 20.3 Å². The maximum absolute atomic E-state index is 11.3. The first-order valence-electron chi connectivity index (χ1n) is 6.26. The Balaban J connectivity index is 2.32. The van der Waals surface area contributed by atoms with Gasteiger partial charge in [0.2, 0.25) is 5.52 Å². The molecule has 0 aliphatic rings. The zero-order valence-corrected chi connectivity index (χ0v) is 11.5. The molecule has 1 unspecified atom stereocenters. The lowest BCUT2D eigenvalue weighted by molar-refractivity contribution is -0.383. The van der Waals surface area contributed by atoms with E-state index in [1.165, 1.54) is 12.1 Å². The minimum Gasteiger partial charge on any atom is -0.481 e. The number of non-ortho nitro benzene ring substituents is 1. The number of carboxylic acid groups (broad SMARTS) is 1. The largest absolute Gasteiger partial charge is 0.481 e. The topological polar surface area (TPSA) is 131 Å². The molecule has 21 heavy (non-hydrogen) atoms. The van der Waals surface area contributed by atoms with Crippen molar-refractivity contribution >= 4 is 28.4 Å². The van der Waals surface area contributed by atoms with E-state index >= 15 is 0 Å². The Morgan fingerprint density at radius 2 is 2.14 bits per heavy atom. The molecule has 0 radical (unpaired) electrons. The van der Waals surface area contributed by atoms with Crippen LogP contribution in [-0.2, 0) is 4.79 Å². The molecule has 0 saturated heterocycles. The molecule has 0 spiro atoms. The molecule has 1 heterocycles. The number of fused-ring (bicyclic) bond motifs is 1. The van der Waals surface area contributed by atoms with E-state index in [0.29, 0.717) is 12.1 Å². The van der Waals surface area contributed by atoms with Gasteiger partial charge in [0.25, 0.3) is 0 Å². The number of carbonyl (C=O) groups is 1. The Morgan fingerprint density at radius 1 is 1.48 bits per heavy atom. The smallest absolute Gasteiger partial charge is 0.311 e. The molecule has 1 aromatic heterocycles. The van der Waals surface area contributed by atoms with E-state index in [1.54, 1.807) is 13.8 Å². The third-order valence-electron chi connectivity index (χ3n) is 3.56. The summed E-state index contributed by atoms with van der Waals surface area (Å²) < 4.78 is 4.54. The van der Waals surface area contributed by atoms with E-state index in [4.69, 9.17) is 0 Å². The summed E-state index contributed by atoms with van der Waals surface area (Å²) in [5.74, 6) is -0.922. The number of aliphatic carboxylic acids is 1. The highest BCUT2D eigenvalue weighted by atomic mass is 16.6. The second kappa shape index (κ2) is 5.35. The van der Waals surface area contributed by atoms with E-state index in [0.717, 1.165) is 0 Å². The lowest BCUT2D eigenvalue weighted by Gasteiger charge is -2.23. The lowest BCUT2D eigenvalue weighted by atomic mass is 9.87. The van der Waals surface area contributed by atoms with E-state index in [9.17, 15) is 20.0 Å². The van der Waals surface area contributed by atoms with Crippen molar-refractivity contribution in [3.63, 3.8) is 0 Å². The van der Waals surface area contributed by atoms with E-state index in [2.05, 4.69) is 20.3 Å². The van der Waals surface area contributed by atoms with Gasteiger partial charge in [0.15, 0.2) is 5.52 Å². The second-order valence-electron chi connectivity index (χ2n) is 4.92. The molecular formula is C12H14N4O5. The van der Waals surface area contributed by atoms with Gasteiger partial charge in [0.05, 0.1) is 16.0 Å². The number of carboxylic acids is 1. The van der Waals surface area contributed by atoms with E-state index in [-0.39, 0.29) is 23.3 Å². The van der Waals surface area contributed by atoms with Gasteiger partial charge in [-0.1, -0.05) is 6.92 Å². The van der Waals surface area contributed by atoms with Crippen LogP contribution < -0.4 is 5.32 Å². The van der Waals surface area contributed by atoms with Crippen molar-refractivity contribution in [2.24, 2.45) is 5.41 Å². The van der Waals surface area contributed by atoms with E-state index < -0.39 is 16.3 Å². The van der Waals surface area contributed by atoms with Gasteiger partial charge in [-0.05, 0) is 29.7 Å². The summed E-state index contributed by atoms with van der Waals surface area (Å²) in [4.78, 5) is 21.6. The van der Waals surface area contributed by atoms with Crippen molar-refractivity contribution in [1.29, 1.82) is 0 Å². The van der Waals surface area contributed by atoms with Crippen molar-refractivity contribution in [3.8, 4) is 0 Å². The number of nitrogens with one attached hydrogen (secondary N) is 1. The van der Waals surface area contributed by atoms with Gasteiger partial charge in [0, 0.05) is 12.6 Å². The van der Waals surface area contributed by atoms with Crippen LogP contribution in [0, 0.1) is 15.5 Å². The number of aromatic nitrogens is 2. The van der Waals surface area contributed by atoms with E-state index in [1.807, 2.05) is 0 Å². The number of nitro benzene ring substituents is 1. The standard InChI is InChI=1S/C12H14N4O5/c1-3-12(2,11(17)18)6-13-7-4-5-8(16(19)20)10-9(7)14-21-15-10/h4-5,13H,3,6H2,1-2H3,(H,17,18). The number of rotatable bonds is 6.